The van der Waals surface area contributed by atoms with Gasteiger partial charge in [0.05, 0.1) is 0 Å². The molecule has 0 bridgehead atoms. The molecule has 1 heteroatoms. The first-order valence-electron chi connectivity index (χ1n) is 7.63. The van der Waals surface area contributed by atoms with Gasteiger partial charge in [0, 0.05) is 0 Å². The van der Waals surface area contributed by atoms with Crippen LogP contribution in [0, 0.1) is 0 Å². The molecule has 2 atom stereocenters. The van der Waals surface area contributed by atoms with E-state index < -0.39 is 22.9 Å². The van der Waals surface area contributed by atoms with E-state index >= 15 is 0 Å². The quantitative estimate of drug-likeness (QED) is 0.698. The van der Waals surface area contributed by atoms with Crippen LogP contribution in [-0.2, 0) is 22.9 Å². The van der Waals surface area contributed by atoms with Crippen LogP contribution in [0.3, 0.4) is 0 Å². The Kier molecular flexibility index (Phi) is 3.34. The Bertz CT molecular complexity index is 701. The molecule has 0 amide bonds. The van der Waals surface area contributed by atoms with Gasteiger partial charge in [0.1, 0.15) is 0 Å². The van der Waals surface area contributed by atoms with Crippen molar-refractivity contribution in [2.45, 2.75) is 21.2 Å². The Morgan fingerprint density at radius 2 is 1.10 bits per heavy atom. The Morgan fingerprint density at radius 3 is 1.57 bits per heavy atom. The van der Waals surface area contributed by atoms with Gasteiger partial charge in [-0.05, 0) is 0 Å². The zero-order valence-corrected chi connectivity index (χ0v) is 14.3. The minimum atomic E-state index is -0.469. The number of hydrogen-bond donors (Lipinski definition) is 0. The van der Waals surface area contributed by atoms with Crippen LogP contribution in [0.2, 0.25) is 0 Å². The Hall–Kier alpha value is -1.21. The van der Waals surface area contributed by atoms with E-state index in [-0.39, 0.29) is 0 Å². The molecule has 2 aliphatic carbocycles. The summed E-state index contributed by atoms with van der Waals surface area (Å²) in [6, 6.07) is 17.9. The number of benzene rings is 2. The second-order valence-corrected chi connectivity index (χ2v) is 8.87. The molecule has 4 rings (SSSR count). The van der Waals surface area contributed by atoms with E-state index in [1.54, 1.807) is 22.3 Å². The molecular weight excluding hydrogens is 285 g/mol. The summed E-state index contributed by atoms with van der Waals surface area (Å²) in [4.78, 5) is 0. The van der Waals surface area contributed by atoms with Gasteiger partial charge in [-0.1, -0.05) is 0 Å². The molecule has 0 N–H and O–H groups in total. The molecule has 21 heavy (non-hydrogen) atoms. The SMILES string of the molecule is CC1=Cc2ccccc2[CH]1[Sc][CH]1C(C)=Cc2ccccc21. The third kappa shape index (κ3) is 2.23. The van der Waals surface area contributed by atoms with Crippen LogP contribution in [0.4, 0.5) is 0 Å². The molecule has 2 unspecified atom stereocenters. The minimum absolute atomic E-state index is 0.469. The van der Waals surface area contributed by atoms with Gasteiger partial charge in [-0.25, -0.2) is 0 Å². The van der Waals surface area contributed by atoms with Crippen molar-refractivity contribution in [3.63, 3.8) is 0 Å². The monoisotopic (exact) mass is 303 g/mol. The molecule has 2 aromatic rings. The zero-order valence-electron chi connectivity index (χ0n) is 12.5. The van der Waals surface area contributed by atoms with Crippen LogP contribution in [-0.4, -0.2) is 0 Å². The van der Waals surface area contributed by atoms with Crippen LogP contribution < -0.4 is 0 Å². The predicted molar refractivity (Wildman–Crippen MR) is 85.7 cm³/mol. The van der Waals surface area contributed by atoms with Crippen molar-refractivity contribution < 1.29 is 22.9 Å². The molecule has 0 saturated heterocycles. The second-order valence-electron chi connectivity index (χ2n) is 6.18. The van der Waals surface area contributed by atoms with Crippen molar-refractivity contribution >= 4 is 12.2 Å². The Balaban J connectivity index is 1.69. The third-order valence-electron chi connectivity index (χ3n) is 4.79. The summed E-state index contributed by atoms with van der Waals surface area (Å²) in [6.07, 6.45) is 4.80. The number of rotatable bonds is 2. The molecule has 101 valence electrons. The number of fused-ring (bicyclic) bond motifs is 2. The predicted octanol–water partition coefficient (Wildman–Crippen LogP) is 5.39. The Labute approximate surface area is 138 Å². The molecule has 0 fully saturated rings. The van der Waals surface area contributed by atoms with Crippen LogP contribution in [0.1, 0.15) is 43.5 Å². The standard InChI is InChI=1S/2C10H9.Sc/c2*1-8-6-9-4-2-3-5-10(9)7-8;/h2*2-7H,1H3;. The van der Waals surface area contributed by atoms with E-state index in [1.807, 2.05) is 0 Å². The van der Waals surface area contributed by atoms with Gasteiger partial charge in [0.15, 0.2) is 0 Å². The van der Waals surface area contributed by atoms with Crippen molar-refractivity contribution in [1.29, 1.82) is 0 Å². The van der Waals surface area contributed by atoms with E-state index in [1.165, 1.54) is 11.1 Å². The van der Waals surface area contributed by atoms with E-state index in [0.29, 0.717) is 0 Å². The van der Waals surface area contributed by atoms with Crippen molar-refractivity contribution in [2.75, 3.05) is 0 Å². The fraction of sp³-hybridized carbons (Fsp3) is 0.200. The summed E-state index contributed by atoms with van der Waals surface area (Å²) in [6.45, 7) is 4.64. The molecule has 0 heterocycles. The third-order valence-corrected chi connectivity index (χ3v) is 8.76. The van der Waals surface area contributed by atoms with Gasteiger partial charge in [0.25, 0.3) is 0 Å². The summed E-state index contributed by atoms with van der Waals surface area (Å²) >= 11 is -0.469. The number of allylic oxidation sites excluding steroid dienone is 2. The second kappa shape index (κ2) is 5.21. The van der Waals surface area contributed by atoms with Crippen LogP contribution >= 0.6 is 0 Å². The van der Waals surface area contributed by atoms with Crippen LogP contribution in [0.25, 0.3) is 12.2 Å². The van der Waals surface area contributed by atoms with E-state index in [4.69, 9.17) is 0 Å². The van der Waals surface area contributed by atoms with Gasteiger partial charge in [0.2, 0.25) is 0 Å². The molecule has 0 nitrogen and oxygen atoms in total. The van der Waals surface area contributed by atoms with E-state index in [2.05, 4.69) is 74.5 Å². The normalized spacial score (nSPS) is 22.2. The first-order valence-corrected chi connectivity index (χ1v) is 9.71. The first kappa shape index (κ1) is 13.5. The molecule has 2 aromatic carbocycles. The molecule has 0 aromatic heterocycles. The van der Waals surface area contributed by atoms with Crippen molar-refractivity contribution in [1.82, 2.24) is 0 Å². The average Bonchev–Trinajstić information content (AvgIpc) is 2.97. The Morgan fingerprint density at radius 1 is 0.667 bits per heavy atom. The van der Waals surface area contributed by atoms with E-state index in [9.17, 15) is 0 Å². The fourth-order valence-corrected chi connectivity index (χ4v) is 7.16. The van der Waals surface area contributed by atoms with Crippen molar-refractivity contribution in [3.8, 4) is 0 Å². The van der Waals surface area contributed by atoms with Gasteiger partial charge in [-0.3, -0.25) is 0 Å². The average molecular weight is 303 g/mol. The molecule has 0 radical (unpaired) electrons. The van der Waals surface area contributed by atoms with Gasteiger partial charge < -0.3 is 0 Å². The summed E-state index contributed by atoms with van der Waals surface area (Å²) in [5.74, 6) is 0. The molecule has 0 spiro atoms. The fourth-order valence-electron chi connectivity index (χ4n) is 3.72. The number of hydrogen-bond acceptors (Lipinski definition) is 0. The summed E-state index contributed by atoms with van der Waals surface area (Å²) in [5, 5.41) is 0. The summed E-state index contributed by atoms with van der Waals surface area (Å²) in [7, 11) is 0. The zero-order chi connectivity index (χ0) is 14.4. The maximum atomic E-state index is 2.40. The first-order chi connectivity index (χ1) is 10.2. The molecule has 0 aliphatic heterocycles. The van der Waals surface area contributed by atoms with Gasteiger partial charge in [-0.15, -0.1) is 0 Å². The van der Waals surface area contributed by atoms with Crippen LogP contribution in [0.5, 0.6) is 0 Å². The van der Waals surface area contributed by atoms with Crippen molar-refractivity contribution in [3.05, 3.63) is 81.9 Å². The summed E-state index contributed by atoms with van der Waals surface area (Å²) in [5.41, 5.74) is 9.20. The maximum absolute atomic E-state index is 2.40. The van der Waals surface area contributed by atoms with Crippen molar-refractivity contribution in [2.24, 2.45) is 0 Å². The topological polar surface area (TPSA) is 0 Å². The molecule has 2 aliphatic rings. The summed E-state index contributed by atoms with van der Waals surface area (Å²) < 4.78 is 1.45. The van der Waals surface area contributed by atoms with Crippen LogP contribution in [0.15, 0.2) is 59.7 Å². The molecule has 0 saturated carbocycles. The van der Waals surface area contributed by atoms with Gasteiger partial charge in [-0.2, -0.15) is 0 Å². The van der Waals surface area contributed by atoms with Gasteiger partial charge >= 0.3 is 138 Å². The molecular formula is C20H18Sc. The van der Waals surface area contributed by atoms with E-state index in [0.717, 1.165) is 7.35 Å².